The van der Waals surface area contributed by atoms with Crippen LogP contribution >= 0.6 is 0 Å². The number of ether oxygens (including phenoxy) is 1. The van der Waals surface area contributed by atoms with Crippen molar-refractivity contribution in [3.8, 4) is 5.75 Å². The summed E-state index contributed by atoms with van der Waals surface area (Å²) in [6, 6.07) is 7.67. The number of benzene rings is 1. The maximum atomic E-state index is 8.83. The third kappa shape index (κ3) is 3.93. The van der Waals surface area contributed by atoms with Crippen molar-refractivity contribution in [3.05, 3.63) is 47.9 Å². The molecule has 0 saturated heterocycles. The molecule has 0 unspecified atom stereocenters. The molecule has 0 aliphatic rings. The van der Waals surface area contributed by atoms with Crippen LogP contribution in [0.1, 0.15) is 11.3 Å². The molecule has 1 aromatic heterocycles. The molecule has 5 heteroatoms. The Morgan fingerprint density at radius 2 is 1.95 bits per heavy atom. The summed E-state index contributed by atoms with van der Waals surface area (Å²) < 4.78 is 5.61. The van der Waals surface area contributed by atoms with Gasteiger partial charge in [0.15, 0.2) is 0 Å². The summed E-state index contributed by atoms with van der Waals surface area (Å²) in [5.41, 5.74) is 1.87. The molecule has 0 amide bonds. The van der Waals surface area contributed by atoms with Crippen molar-refractivity contribution in [2.45, 2.75) is 13.0 Å². The van der Waals surface area contributed by atoms with Gasteiger partial charge >= 0.3 is 0 Å². The highest BCUT2D eigenvalue weighted by Gasteiger charge is 1.99. The Hall–Kier alpha value is -2.14. The predicted molar refractivity (Wildman–Crippen MR) is 73.1 cm³/mol. The molecule has 0 aliphatic heterocycles. The van der Waals surface area contributed by atoms with Crippen molar-refractivity contribution < 1.29 is 9.84 Å². The molecular weight excluding hydrogens is 242 g/mol. The summed E-state index contributed by atoms with van der Waals surface area (Å²) >= 11 is 0. The molecule has 1 aromatic carbocycles. The first-order valence-corrected chi connectivity index (χ1v) is 6.13. The van der Waals surface area contributed by atoms with Crippen molar-refractivity contribution in [2.24, 2.45) is 0 Å². The number of nitrogens with one attached hydrogen (secondary N) is 1. The van der Waals surface area contributed by atoms with Crippen molar-refractivity contribution >= 4 is 5.82 Å². The Bertz CT molecular complexity index is 497. The molecule has 19 heavy (non-hydrogen) atoms. The standard InChI is InChI=1S/C14H17N3O2/c1-15-14-9-16-12(8-17-14)10-19-13-4-2-11(3-5-13)6-7-18/h2-5,8-9,18H,6-7,10H2,1H3,(H,15,17). The first-order valence-electron chi connectivity index (χ1n) is 6.13. The lowest BCUT2D eigenvalue weighted by Gasteiger charge is -2.07. The molecule has 1 heterocycles. The molecular formula is C14H17N3O2. The van der Waals surface area contributed by atoms with Crippen LogP contribution in [0.2, 0.25) is 0 Å². The van der Waals surface area contributed by atoms with E-state index in [9.17, 15) is 0 Å². The van der Waals surface area contributed by atoms with E-state index in [2.05, 4.69) is 15.3 Å². The van der Waals surface area contributed by atoms with Gasteiger partial charge in [-0.15, -0.1) is 0 Å². The van der Waals surface area contributed by atoms with E-state index in [1.807, 2.05) is 24.3 Å². The van der Waals surface area contributed by atoms with Gasteiger partial charge in [-0.3, -0.25) is 4.98 Å². The van der Waals surface area contributed by atoms with Gasteiger partial charge in [0.1, 0.15) is 18.2 Å². The van der Waals surface area contributed by atoms with E-state index in [1.165, 1.54) is 0 Å². The van der Waals surface area contributed by atoms with E-state index in [4.69, 9.17) is 9.84 Å². The van der Waals surface area contributed by atoms with Crippen LogP contribution < -0.4 is 10.1 Å². The molecule has 5 nitrogen and oxygen atoms in total. The van der Waals surface area contributed by atoms with Gasteiger partial charge in [0.25, 0.3) is 0 Å². The molecule has 2 N–H and O–H groups in total. The first-order chi connectivity index (χ1) is 9.31. The lowest BCUT2D eigenvalue weighted by Crippen LogP contribution is -2.01. The molecule has 2 aromatic rings. The highest BCUT2D eigenvalue weighted by atomic mass is 16.5. The van der Waals surface area contributed by atoms with Crippen LogP contribution in [-0.2, 0) is 13.0 Å². The van der Waals surface area contributed by atoms with Gasteiger partial charge < -0.3 is 15.2 Å². The van der Waals surface area contributed by atoms with Gasteiger partial charge in [-0.2, -0.15) is 0 Å². The average Bonchev–Trinajstić information content (AvgIpc) is 2.47. The molecule has 2 rings (SSSR count). The zero-order chi connectivity index (χ0) is 13.5. The van der Waals surface area contributed by atoms with E-state index >= 15 is 0 Å². The van der Waals surface area contributed by atoms with Crippen molar-refractivity contribution in [1.82, 2.24) is 9.97 Å². The second-order valence-corrected chi connectivity index (χ2v) is 4.05. The van der Waals surface area contributed by atoms with Gasteiger partial charge in [-0.25, -0.2) is 4.98 Å². The zero-order valence-electron chi connectivity index (χ0n) is 10.8. The van der Waals surface area contributed by atoms with Gasteiger partial charge in [0.2, 0.25) is 0 Å². The number of nitrogens with zero attached hydrogens (tertiary/aromatic N) is 2. The van der Waals surface area contributed by atoms with Gasteiger partial charge in [0, 0.05) is 13.7 Å². The maximum Gasteiger partial charge on any atom is 0.144 e. The van der Waals surface area contributed by atoms with Crippen LogP contribution in [0.15, 0.2) is 36.7 Å². The summed E-state index contributed by atoms with van der Waals surface area (Å²) in [5.74, 6) is 1.51. The SMILES string of the molecule is CNc1cnc(COc2ccc(CCO)cc2)cn1. The number of hydrogen-bond donors (Lipinski definition) is 2. The lowest BCUT2D eigenvalue weighted by atomic mass is 10.1. The molecule has 100 valence electrons. The number of hydrogen-bond acceptors (Lipinski definition) is 5. The number of aromatic nitrogens is 2. The second-order valence-electron chi connectivity index (χ2n) is 4.05. The molecule has 0 saturated carbocycles. The Morgan fingerprint density at radius 3 is 2.53 bits per heavy atom. The quantitative estimate of drug-likeness (QED) is 0.825. The van der Waals surface area contributed by atoms with Gasteiger partial charge in [-0.1, -0.05) is 12.1 Å². The monoisotopic (exact) mass is 259 g/mol. The van der Waals surface area contributed by atoms with Crippen LogP contribution in [0.25, 0.3) is 0 Å². The van der Waals surface area contributed by atoms with Crippen molar-refractivity contribution in [2.75, 3.05) is 19.0 Å². The Kier molecular flexibility index (Phi) is 4.69. The van der Waals surface area contributed by atoms with Crippen molar-refractivity contribution in [1.29, 1.82) is 0 Å². The predicted octanol–water partition coefficient (Wildman–Crippen LogP) is 1.63. The fraction of sp³-hybridized carbons (Fsp3) is 0.286. The fourth-order valence-corrected chi connectivity index (χ4v) is 1.60. The summed E-state index contributed by atoms with van der Waals surface area (Å²) in [4.78, 5) is 8.40. The van der Waals surface area contributed by atoms with Gasteiger partial charge in [0.05, 0.1) is 18.1 Å². The van der Waals surface area contributed by atoms with E-state index < -0.39 is 0 Å². The van der Waals surface area contributed by atoms with Crippen LogP contribution in [0, 0.1) is 0 Å². The third-order valence-electron chi connectivity index (χ3n) is 2.67. The molecule has 0 spiro atoms. The Labute approximate surface area is 112 Å². The fourth-order valence-electron chi connectivity index (χ4n) is 1.60. The topological polar surface area (TPSA) is 67.3 Å². The molecule has 0 aliphatic carbocycles. The molecule has 0 bridgehead atoms. The molecule has 0 radical (unpaired) electrons. The third-order valence-corrected chi connectivity index (χ3v) is 2.67. The zero-order valence-corrected chi connectivity index (χ0v) is 10.8. The van der Waals surface area contributed by atoms with E-state index in [1.54, 1.807) is 19.4 Å². The first kappa shape index (κ1) is 13.3. The lowest BCUT2D eigenvalue weighted by molar-refractivity contribution is 0.297. The highest BCUT2D eigenvalue weighted by molar-refractivity contribution is 5.30. The average molecular weight is 259 g/mol. The van der Waals surface area contributed by atoms with Gasteiger partial charge in [-0.05, 0) is 24.1 Å². The minimum absolute atomic E-state index is 0.160. The minimum atomic E-state index is 0.160. The largest absolute Gasteiger partial charge is 0.487 e. The van der Waals surface area contributed by atoms with Crippen LogP contribution in [-0.4, -0.2) is 28.7 Å². The highest BCUT2D eigenvalue weighted by Crippen LogP contribution is 2.14. The summed E-state index contributed by atoms with van der Waals surface area (Å²) in [7, 11) is 1.80. The Balaban J connectivity index is 1.90. The van der Waals surface area contributed by atoms with Crippen molar-refractivity contribution in [3.63, 3.8) is 0 Å². The van der Waals surface area contributed by atoms with Crippen LogP contribution in [0.4, 0.5) is 5.82 Å². The van der Waals surface area contributed by atoms with Crippen LogP contribution in [0.3, 0.4) is 0 Å². The van der Waals surface area contributed by atoms with E-state index in [0.29, 0.717) is 13.0 Å². The second kappa shape index (κ2) is 6.70. The summed E-state index contributed by atoms with van der Waals surface area (Å²) in [6.45, 7) is 0.546. The normalized spacial score (nSPS) is 10.2. The number of aliphatic hydroxyl groups excluding tert-OH is 1. The molecule has 0 atom stereocenters. The maximum absolute atomic E-state index is 8.83. The summed E-state index contributed by atoms with van der Waals surface area (Å²) in [5, 5.41) is 11.7. The molecule has 0 fully saturated rings. The van der Waals surface area contributed by atoms with Crippen LogP contribution in [0.5, 0.6) is 5.75 Å². The Morgan fingerprint density at radius 1 is 1.16 bits per heavy atom. The number of aliphatic hydroxyl groups is 1. The summed E-state index contributed by atoms with van der Waals surface area (Å²) in [6.07, 6.45) is 4.02. The number of rotatable bonds is 6. The smallest absolute Gasteiger partial charge is 0.144 e. The number of anilines is 1. The van der Waals surface area contributed by atoms with E-state index in [-0.39, 0.29) is 6.61 Å². The van der Waals surface area contributed by atoms with E-state index in [0.717, 1.165) is 22.8 Å². The minimum Gasteiger partial charge on any atom is -0.487 e.